The van der Waals surface area contributed by atoms with Gasteiger partial charge in [0.05, 0.1) is 12.7 Å². The van der Waals surface area contributed by atoms with Crippen LogP contribution in [0.2, 0.25) is 0 Å². The van der Waals surface area contributed by atoms with Gasteiger partial charge >= 0.3 is 6.18 Å². The van der Waals surface area contributed by atoms with Gasteiger partial charge in [0.25, 0.3) is 5.91 Å². The van der Waals surface area contributed by atoms with Gasteiger partial charge in [0, 0.05) is 17.7 Å². The van der Waals surface area contributed by atoms with Gasteiger partial charge in [-0.05, 0) is 55.5 Å². The molecule has 0 unspecified atom stereocenters. The summed E-state index contributed by atoms with van der Waals surface area (Å²) < 4.78 is 49.2. The van der Waals surface area contributed by atoms with Crippen LogP contribution in [0.4, 0.5) is 13.2 Å². The van der Waals surface area contributed by atoms with E-state index in [9.17, 15) is 18.0 Å². The zero-order chi connectivity index (χ0) is 20.3. The van der Waals surface area contributed by atoms with Crippen molar-refractivity contribution in [2.75, 3.05) is 13.7 Å². The Balaban J connectivity index is 2.04. The highest BCUT2D eigenvalue weighted by Gasteiger charge is 2.30. The van der Waals surface area contributed by atoms with E-state index in [1.807, 2.05) is 0 Å². The first-order valence-electron chi connectivity index (χ1n) is 8.44. The highest BCUT2D eigenvalue weighted by Crippen LogP contribution is 2.33. The number of ether oxygens (including phenoxy) is 1. The van der Waals surface area contributed by atoms with Crippen LogP contribution in [0.15, 0.2) is 52.9 Å². The molecule has 0 aliphatic rings. The van der Waals surface area contributed by atoms with Crippen LogP contribution < -0.4 is 10.1 Å². The third-order valence-corrected chi connectivity index (χ3v) is 3.99. The quantitative estimate of drug-likeness (QED) is 0.681. The molecule has 0 radical (unpaired) electrons. The molecule has 28 heavy (non-hydrogen) atoms. The van der Waals surface area contributed by atoms with Crippen molar-refractivity contribution in [3.63, 3.8) is 0 Å². The van der Waals surface area contributed by atoms with Gasteiger partial charge in [-0.2, -0.15) is 13.2 Å². The number of benzene rings is 2. The minimum atomic E-state index is -4.43. The van der Waals surface area contributed by atoms with E-state index < -0.39 is 17.6 Å². The first-order chi connectivity index (χ1) is 13.3. The minimum absolute atomic E-state index is 0.0563. The van der Waals surface area contributed by atoms with Crippen LogP contribution in [0.25, 0.3) is 22.8 Å². The van der Waals surface area contributed by atoms with Crippen LogP contribution >= 0.6 is 0 Å². The van der Waals surface area contributed by atoms with Crippen molar-refractivity contribution < 1.29 is 27.1 Å². The van der Waals surface area contributed by atoms with Crippen molar-refractivity contribution >= 4 is 5.91 Å². The maximum absolute atomic E-state index is 12.8. The highest BCUT2D eigenvalue weighted by atomic mass is 19.4. The number of hydrogen-bond donors (Lipinski definition) is 1. The van der Waals surface area contributed by atoms with E-state index in [0.29, 0.717) is 23.4 Å². The van der Waals surface area contributed by atoms with Gasteiger partial charge in [-0.25, -0.2) is 4.98 Å². The summed E-state index contributed by atoms with van der Waals surface area (Å²) in [4.78, 5) is 16.6. The average Bonchev–Trinajstić information content (AvgIpc) is 3.13. The lowest BCUT2D eigenvalue weighted by atomic mass is 10.1. The Labute approximate surface area is 159 Å². The molecule has 3 aromatic rings. The molecule has 1 heterocycles. The maximum Gasteiger partial charge on any atom is 0.416 e. The van der Waals surface area contributed by atoms with Gasteiger partial charge in [0.15, 0.2) is 11.5 Å². The fourth-order valence-electron chi connectivity index (χ4n) is 2.58. The monoisotopic (exact) mass is 390 g/mol. The Kier molecular flexibility index (Phi) is 5.39. The number of amides is 1. The second kappa shape index (κ2) is 7.75. The van der Waals surface area contributed by atoms with E-state index in [1.54, 1.807) is 31.2 Å². The molecule has 146 valence electrons. The van der Waals surface area contributed by atoms with Crippen molar-refractivity contribution in [2.24, 2.45) is 0 Å². The third kappa shape index (κ3) is 4.00. The summed E-state index contributed by atoms with van der Waals surface area (Å²) in [5.41, 5.74) is 0.204. The molecule has 1 N–H and O–H groups in total. The summed E-state index contributed by atoms with van der Waals surface area (Å²) in [7, 11) is 1.53. The molecule has 5 nitrogen and oxygen atoms in total. The van der Waals surface area contributed by atoms with E-state index in [-0.39, 0.29) is 17.3 Å². The Hall–Kier alpha value is -3.29. The number of hydrogen-bond acceptors (Lipinski definition) is 4. The van der Waals surface area contributed by atoms with Crippen LogP contribution in [-0.2, 0) is 6.18 Å². The standard InChI is InChI=1S/C20H17F3N2O3/c1-3-24-18(26)16-17(12-6-10-15(27-2)11-7-12)28-19(25-16)13-4-8-14(9-5-13)20(21,22)23/h4-11H,3H2,1-2H3,(H,24,26). The molecule has 8 heteroatoms. The molecule has 0 spiro atoms. The average molecular weight is 390 g/mol. The lowest BCUT2D eigenvalue weighted by Crippen LogP contribution is -2.23. The number of aromatic nitrogens is 1. The smallest absolute Gasteiger partial charge is 0.416 e. The summed E-state index contributed by atoms with van der Waals surface area (Å²) in [5.74, 6) is 0.477. The number of nitrogens with zero attached hydrogens (tertiary/aromatic N) is 1. The number of nitrogens with one attached hydrogen (secondary N) is 1. The molecule has 0 bridgehead atoms. The van der Waals surface area contributed by atoms with E-state index in [1.165, 1.54) is 19.2 Å². The topological polar surface area (TPSA) is 64.4 Å². The molecule has 1 aromatic heterocycles. The molecule has 0 saturated heterocycles. The van der Waals surface area contributed by atoms with E-state index in [2.05, 4.69) is 10.3 Å². The van der Waals surface area contributed by atoms with E-state index in [4.69, 9.17) is 9.15 Å². The Morgan fingerprint density at radius 2 is 1.68 bits per heavy atom. The van der Waals surface area contributed by atoms with Crippen molar-refractivity contribution in [2.45, 2.75) is 13.1 Å². The van der Waals surface area contributed by atoms with Crippen LogP contribution in [0.1, 0.15) is 23.0 Å². The predicted molar refractivity (Wildman–Crippen MR) is 96.9 cm³/mol. The van der Waals surface area contributed by atoms with Crippen LogP contribution in [-0.4, -0.2) is 24.5 Å². The van der Waals surface area contributed by atoms with Gasteiger partial charge < -0.3 is 14.5 Å². The minimum Gasteiger partial charge on any atom is -0.497 e. The number of carbonyl (C=O) groups is 1. The lowest BCUT2D eigenvalue weighted by Gasteiger charge is -2.06. The van der Waals surface area contributed by atoms with Gasteiger partial charge in [0.1, 0.15) is 5.75 Å². The predicted octanol–water partition coefficient (Wildman–Crippen LogP) is 4.79. The summed E-state index contributed by atoms with van der Waals surface area (Å²) in [6.07, 6.45) is -4.43. The van der Waals surface area contributed by atoms with Gasteiger partial charge in [-0.15, -0.1) is 0 Å². The van der Waals surface area contributed by atoms with E-state index >= 15 is 0 Å². The number of carbonyl (C=O) groups excluding carboxylic acids is 1. The number of rotatable bonds is 5. The number of methoxy groups -OCH3 is 1. The molecule has 0 saturated carbocycles. The molecule has 0 aliphatic carbocycles. The summed E-state index contributed by atoms with van der Waals surface area (Å²) in [6, 6.07) is 11.2. The van der Waals surface area contributed by atoms with Crippen LogP contribution in [0.3, 0.4) is 0 Å². The van der Waals surface area contributed by atoms with Crippen LogP contribution in [0.5, 0.6) is 5.75 Å². The van der Waals surface area contributed by atoms with Gasteiger partial charge in [0.2, 0.25) is 5.89 Å². The number of halogens is 3. The Morgan fingerprint density at radius 3 is 2.21 bits per heavy atom. The highest BCUT2D eigenvalue weighted by molar-refractivity contribution is 5.98. The summed E-state index contributed by atoms with van der Waals surface area (Å²) in [5, 5.41) is 2.65. The molecular formula is C20H17F3N2O3. The molecule has 0 atom stereocenters. The fourth-order valence-corrected chi connectivity index (χ4v) is 2.58. The molecule has 2 aromatic carbocycles. The van der Waals surface area contributed by atoms with Crippen molar-refractivity contribution in [1.29, 1.82) is 0 Å². The zero-order valence-corrected chi connectivity index (χ0v) is 15.1. The maximum atomic E-state index is 12.8. The number of oxazole rings is 1. The second-order valence-electron chi connectivity index (χ2n) is 5.86. The fraction of sp³-hybridized carbons (Fsp3) is 0.200. The normalized spacial score (nSPS) is 11.3. The molecule has 1 amide bonds. The lowest BCUT2D eigenvalue weighted by molar-refractivity contribution is -0.137. The number of alkyl halides is 3. The Morgan fingerprint density at radius 1 is 1.07 bits per heavy atom. The van der Waals surface area contributed by atoms with Crippen molar-refractivity contribution in [3.05, 3.63) is 59.8 Å². The first-order valence-corrected chi connectivity index (χ1v) is 8.44. The summed E-state index contributed by atoms with van der Waals surface area (Å²) >= 11 is 0. The second-order valence-corrected chi connectivity index (χ2v) is 5.86. The van der Waals surface area contributed by atoms with Crippen molar-refractivity contribution in [1.82, 2.24) is 10.3 Å². The SMILES string of the molecule is CCNC(=O)c1nc(-c2ccc(C(F)(F)F)cc2)oc1-c1ccc(OC)cc1. The summed E-state index contributed by atoms with van der Waals surface area (Å²) in [6.45, 7) is 2.16. The first kappa shape index (κ1) is 19.5. The molecule has 3 rings (SSSR count). The molecular weight excluding hydrogens is 373 g/mol. The van der Waals surface area contributed by atoms with Crippen LogP contribution in [0, 0.1) is 0 Å². The Bertz CT molecular complexity index is 962. The van der Waals surface area contributed by atoms with E-state index in [0.717, 1.165) is 12.1 Å². The molecule has 0 fully saturated rings. The third-order valence-electron chi connectivity index (χ3n) is 3.99. The van der Waals surface area contributed by atoms with Crippen molar-refractivity contribution in [3.8, 4) is 28.5 Å². The van der Waals surface area contributed by atoms with Gasteiger partial charge in [-0.1, -0.05) is 0 Å². The zero-order valence-electron chi connectivity index (χ0n) is 15.1. The molecule has 0 aliphatic heterocycles. The van der Waals surface area contributed by atoms with Gasteiger partial charge in [-0.3, -0.25) is 4.79 Å². The largest absolute Gasteiger partial charge is 0.497 e.